The highest BCUT2D eigenvalue weighted by Gasteiger charge is 2.20. The van der Waals surface area contributed by atoms with Gasteiger partial charge in [0, 0.05) is 7.05 Å². The summed E-state index contributed by atoms with van der Waals surface area (Å²) in [6.07, 6.45) is 0.586. The Bertz CT molecular complexity index is 592. The molecule has 0 bridgehead atoms. The first kappa shape index (κ1) is 13.0. The van der Waals surface area contributed by atoms with Gasteiger partial charge in [-0.2, -0.15) is 0 Å². The van der Waals surface area contributed by atoms with Gasteiger partial charge in [-0.15, -0.1) is 0 Å². The van der Waals surface area contributed by atoms with Crippen LogP contribution in [0.25, 0.3) is 11.0 Å². The minimum Gasteiger partial charge on any atom is -0.480 e. The molecule has 18 heavy (non-hydrogen) atoms. The maximum atomic E-state index is 11.1. The van der Waals surface area contributed by atoms with E-state index in [0.29, 0.717) is 6.42 Å². The van der Waals surface area contributed by atoms with E-state index < -0.39 is 11.2 Å². The third-order valence-electron chi connectivity index (χ3n) is 2.89. The maximum Gasteiger partial charge on any atom is 0.317 e. The Morgan fingerprint density at radius 3 is 2.89 bits per heavy atom. The molecular formula is C13H16N2O2S. The van der Waals surface area contributed by atoms with E-state index in [4.69, 9.17) is 5.11 Å². The molecule has 0 aliphatic rings. The van der Waals surface area contributed by atoms with E-state index in [0.717, 1.165) is 21.8 Å². The second-order valence-electron chi connectivity index (χ2n) is 4.30. The van der Waals surface area contributed by atoms with E-state index >= 15 is 0 Å². The van der Waals surface area contributed by atoms with Gasteiger partial charge < -0.3 is 9.67 Å². The Morgan fingerprint density at radius 1 is 1.56 bits per heavy atom. The van der Waals surface area contributed by atoms with E-state index in [2.05, 4.69) is 4.98 Å². The van der Waals surface area contributed by atoms with E-state index in [9.17, 15) is 4.79 Å². The van der Waals surface area contributed by atoms with E-state index in [1.807, 2.05) is 43.7 Å². The molecule has 2 rings (SSSR count). The largest absolute Gasteiger partial charge is 0.480 e. The SMILES string of the molecule is CCC(Sc1nc2cc(C)ccc2n1C)C(=O)O. The summed E-state index contributed by atoms with van der Waals surface area (Å²) < 4.78 is 1.95. The molecule has 1 unspecified atom stereocenters. The van der Waals surface area contributed by atoms with Gasteiger partial charge in [-0.05, 0) is 31.0 Å². The summed E-state index contributed by atoms with van der Waals surface area (Å²) in [5, 5.41) is 9.40. The summed E-state index contributed by atoms with van der Waals surface area (Å²) in [5.41, 5.74) is 3.10. The lowest BCUT2D eigenvalue weighted by molar-refractivity contribution is -0.136. The smallest absolute Gasteiger partial charge is 0.317 e. The third kappa shape index (κ3) is 2.36. The highest BCUT2D eigenvalue weighted by Crippen LogP contribution is 2.28. The van der Waals surface area contributed by atoms with Crippen molar-refractivity contribution >= 4 is 28.8 Å². The molecule has 0 saturated heterocycles. The number of benzene rings is 1. The van der Waals surface area contributed by atoms with Crippen LogP contribution < -0.4 is 0 Å². The number of carboxylic acids is 1. The van der Waals surface area contributed by atoms with Crippen molar-refractivity contribution in [1.29, 1.82) is 0 Å². The lowest BCUT2D eigenvalue weighted by Crippen LogP contribution is -2.15. The molecule has 1 heterocycles. The molecular weight excluding hydrogens is 248 g/mol. The van der Waals surface area contributed by atoms with Crippen molar-refractivity contribution < 1.29 is 9.90 Å². The normalized spacial score (nSPS) is 12.8. The van der Waals surface area contributed by atoms with E-state index in [1.54, 1.807) is 0 Å². The van der Waals surface area contributed by atoms with Gasteiger partial charge in [0.2, 0.25) is 0 Å². The van der Waals surface area contributed by atoms with Crippen LogP contribution >= 0.6 is 11.8 Å². The zero-order valence-electron chi connectivity index (χ0n) is 10.7. The van der Waals surface area contributed by atoms with Gasteiger partial charge in [-0.25, -0.2) is 4.98 Å². The molecule has 0 radical (unpaired) electrons. The first-order valence-electron chi connectivity index (χ1n) is 5.85. The molecule has 0 fully saturated rings. The number of imidazole rings is 1. The average molecular weight is 264 g/mol. The van der Waals surface area contributed by atoms with Gasteiger partial charge in [0.25, 0.3) is 0 Å². The number of thioether (sulfide) groups is 1. The highest BCUT2D eigenvalue weighted by molar-refractivity contribution is 8.00. The maximum absolute atomic E-state index is 11.1. The van der Waals surface area contributed by atoms with Crippen molar-refractivity contribution in [2.45, 2.75) is 30.7 Å². The first-order valence-corrected chi connectivity index (χ1v) is 6.73. The summed E-state index contributed by atoms with van der Waals surface area (Å²) in [6.45, 7) is 3.89. The molecule has 1 aromatic heterocycles. The van der Waals surface area contributed by atoms with Gasteiger partial charge >= 0.3 is 5.97 Å². The lowest BCUT2D eigenvalue weighted by atomic mass is 10.2. The van der Waals surface area contributed by atoms with E-state index in [-0.39, 0.29) is 0 Å². The van der Waals surface area contributed by atoms with E-state index in [1.165, 1.54) is 11.8 Å². The van der Waals surface area contributed by atoms with Crippen LogP contribution in [-0.4, -0.2) is 25.9 Å². The Hall–Kier alpha value is -1.49. The molecule has 4 nitrogen and oxygen atoms in total. The topological polar surface area (TPSA) is 55.1 Å². The van der Waals surface area contributed by atoms with Crippen molar-refractivity contribution in [3.63, 3.8) is 0 Å². The first-order chi connectivity index (χ1) is 8.52. The predicted molar refractivity (Wildman–Crippen MR) is 73.0 cm³/mol. The number of fused-ring (bicyclic) bond motifs is 1. The van der Waals surface area contributed by atoms with Crippen LogP contribution in [0.5, 0.6) is 0 Å². The summed E-state index contributed by atoms with van der Waals surface area (Å²) in [4.78, 5) is 15.6. The molecule has 5 heteroatoms. The molecule has 1 aromatic carbocycles. The second-order valence-corrected chi connectivity index (χ2v) is 5.47. The molecule has 0 aliphatic heterocycles. The molecule has 0 saturated carbocycles. The van der Waals surface area contributed by atoms with Crippen LogP contribution in [0.2, 0.25) is 0 Å². The monoisotopic (exact) mass is 264 g/mol. The Balaban J connectivity index is 2.39. The van der Waals surface area contributed by atoms with Gasteiger partial charge in [0.15, 0.2) is 5.16 Å². The van der Waals surface area contributed by atoms with Crippen LogP contribution in [-0.2, 0) is 11.8 Å². The number of hydrogen-bond acceptors (Lipinski definition) is 3. The van der Waals surface area contributed by atoms with Gasteiger partial charge in [-0.1, -0.05) is 24.8 Å². The fourth-order valence-electron chi connectivity index (χ4n) is 1.83. The number of aromatic nitrogens is 2. The molecule has 2 aromatic rings. The van der Waals surface area contributed by atoms with Crippen LogP contribution in [0, 0.1) is 6.92 Å². The van der Waals surface area contributed by atoms with Crippen molar-refractivity contribution in [2.75, 3.05) is 0 Å². The number of carboxylic acid groups (broad SMARTS) is 1. The third-order valence-corrected chi connectivity index (χ3v) is 4.28. The summed E-state index contributed by atoms with van der Waals surface area (Å²) in [7, 11) is 1.92. The number of nitrogens with zero attached hydrogens (tertiary/aromatic N) is 2. The van der Waals surface area contributed by atoms with Crippen molar-refractivity contribution in [3.8, 4) is 0 Å². The van der Waals surface area contributed by atoms with Crippen LogP contribution in [0.3, 0.4) is 0 Å². The molecule has 0 amide bonds. The molecule has 1 atom stereocenters. The minimum atomic E-state index is -0.786. The van der Waals surface area contributed by atoms with Crippen LogP contribution in [0.4, 0.5) is 0 Å². The van der Waals surface area contributed by atoms with Crippen LogP contribution in [0.15, 0.2) is 23.4 Å². The predicted octanol–water partition coefficient (Wildman–Crippen LogP) is 2.84. The van der Waals surface area contributed by atoms with Crippen molar-refractivity contribution in [1.82, 2.24) is 9.55 Å². The Morgan fingerprint density at radius 2 is 2.28 bits per heavy atom. The molecule has 0 aliphatic carbocycles. The fraction of sp³-hybridized carbons (Fsp3) is 0.385. The van der Waals surface area contributed by atoms with Gasteiger partial charge in [0.05, 0.1) is 11.0 Å². The number of aliphatic carboxylic acids is 1. The second kappa shape index (κ2) is 5.02. The number of carbonyl (C=O) groups is 1. The Labute approximate surface area is 110 Å². The molecule has 1 N–H and O–H groups in total. The zero-order valence-corrected chi connectivity index (χ0v) is 11.5. The summed E-state index contributed by atoms with van der Waals surface area (Å²) in [5.74, 6) is -0.786. The number of hydrogen-bond donors (Lipinski definition) is 1. The fourth-order valence-corrected chi connectivity index (χ4v) is 2.76. The Kier molecular flexibility index (Phi) is 3.61. The number of aryl methyl sites for hydroxylation is 2. The number of rotatable bonds is 4. The lowest BCUT2D eigenvalue weighted by Gasteiger charge is -2.08. The van der Waals surface area contributed by atoms with Crippen molar-refractivity contribution in [2.24, 2.45) is 7.05 Å². The zero-order chi connectivity index (χ0) is 13.3. The summed E-state index contributed by atoms with van der Waals surface area (Å²) >= 11 is 1.31. The van der Waals surface area contributed by atoms with Crippen LogP contribution in [0.1, 0.15) is 18.9 Å². The standard InChI is InChI=1S/C13H16N2O2S/c1-4-11(12(16)17)18-13-14-9-7-8(2)5-6-10(9)15(13)3/h5-7,11H,4H2,1-3H3,(H,16,17). The minimum absolute atomic E-state index is 0.443. The van der Waals surface area contributed by atoms with Crippen molar-refractivity contribution in [3.05, 3.63) is 23.8 Å². The van der Waals surface area contributed by atoms with Gasteiger partial charge in [-0.3, -0.25) is 4.79 Å². The quantitative estimate of drug-likeness (QED) is 0.863. The average Bonchev–Trinajstić information content (AvgIpc) is 2.62. The molecule has 96 valence electrons. The highest BCUT2D eigenvalue weighted by atomic mass is 32.2. The van der Waals surface area contributed by atoms with Gasteiger partial charge in [0.1, 0.15) is 5.25 Å². The summed E-state index contributed by atoms with van der Waals surface area (Å²) in [6, 6.07) is 6.07. The molecule has 0 spiro atoms.